The van der Waals surface area contributed by atoms with E-state index in [2.05, 4.69) is 36.4 Å². The average molecular weight is 275 g/mol. The molecule has 0 atom stereocenters. The van der Waals surface area contributed by atoms with Crippen LogP contribution in [0.15, 0.2) is 36.4 Å². The van der Waals surface area contributed by atoms with Crippen molar-refractivity contribution in [2.75, 3.05) is 0 Å². The Morgan fingerprint density at radius 1 is 1.05 bits per heavy atom. The molecule has 0 spiro atoms. The van der Waals surface area contributed by atoms with E-state index in [9.17, 15) is 0 Å². The second kappa shape index (κ2) is 5.83. The van der Waals surface area contributed by atoms with Gasteiger partial charge in [0.05, 0.1) is 6.10 Å². The Morgan fingerprint density at radius 2 is 1.84 bits per heavy atom. The fourth-order valence-corrected chi connectivity index (χ4v) is 3.13. The first kappa shape index (κ1) is 12.8. The zero-order valence-corrected chi connectivity index (χ0v) is 11.8. The Bertz CT molecular complexity index is 558. The van der Waals surface area contributed by atoms with E-state index >= 15 is 0 Å². The van der Waals surface area contributed by atoms with Crippen molar-refractivity contribution in [3.63, 3.8) is 0 Å². The molecule has 0 heterocycles. The molecular formula is C17H19ClO. The highest BCUT2D eigenvalue weighted by Crippen LogP contribution is 2.29. The predicted molar refractivity (Wildman–Crippen MR) is 81.0 cm³/mol. The Labute approximate surface area is 119 Å². The molecule has 2 aromatic carbocycles. The van der Waals surface area contributed by atoms with Crippen LogP contribution in [0.5, 0.6) is 5.75 Å². The molecule has 100 valence electrons. The summed E-state index contributed by atoms with van der Waals surface area (Å²) in [5, 5.41) is 2.44. The van der Waals surface area contributed by atoms with Crippen molar-refractivity contribution in [1.29, 1.82) is 0 Å². The molecule has 1 aliphatic carbocycles. The van der Waals surface area contributed by atoms with Gasteiger partial charge in [-0.1, -0.05) is 30.7 Å². The summed E-state index contributed by atoms with van der Waals surface area (Å²) >= 11 is 6.07. The maximum Gasteiger partial charge on any atom is 0.120 e. The minimum absolute atomic E-state index is 0.387. The molecule has 0 aliphatic heterocycles. The van der Waals surface area contributed by atoms with E-state index in [0.29, 0.717) is 12.0 Å². The summed E-state index contributed by atoms with van der Waals surface area (Å²) in [6.07, 6.45) is 6.69. The SMILES string of the molecule is ClCc1cc(OC2CCCCC2)cc2ccccc12. The van der Waals surface area contributed by atoms with E-state index in [0.717, 1.165) is 11.3 Å². The monoisotopic (exact) mass is 274 g/mol. The largest absolute Gasteiger partial charge is 0.490 e. The summed E-state index contributed by atoms with van der Waals surface area (Å²) in [5.41, 5.74) is 1.16. The summed E-state index contributed by atoms with van der Waals surface area (Å²) in [5.74, 6) is 1.50. The number of hydrogen-bond acceptors (Lipinski definition) is 1. The van der Waals surface area contributed by atoms with Crippen LogP contribution >= 0.6 is 11.6 Å². The zero-order chi connectivity index (χ0) is 13.1. The quantitative estimate of drug-likeness (QED) is 0.691. The molecule has 2 heteroatoms. The number of ether oxygens (including phenoxy) is 1. The second-order valence-corrected chi connectivity index (χ2v) is 5.58. The fraction of sp³-hybridized carbons (Fsp3) is 0.412. The zero-order valence-electron chi connectivity index (χ0n) is 11.1. The lowest BCUT2D eigenvalue weighted by atomic mass is 9.97. The molecule has 0 bridgehead atoms. The van der Waals surface area contributed by atoms with Crippen LogP contribution in [0.3, 0.4) is 0 Å². The van der Waals surface area contributed by atoms with E-state index < -0.39 is 0 Å². The normalized spacial score (nSPS) is 16.7. The van der Waals surface area contributed by atoms with Crippen LogP contribution in [-0.2, 0) is 5.88 Å². The Kier molecular flexibility index (Phi) is 3.93. The Hall–Kier alpha value is -1.21. The number of benzene rings is 2. The maximum atomic E-state index is 6.15. The van der Waals surface area contributed by atoms with Crippen LogP contribution in [0, 0.1) is 0 Å². The van der Waals surface area contributed by atoms with Crippen LogP contribution in [0.2, 0.25) is 0 Å². The summed E-state index contributed by atoms with van der Waals surface area (Å²) in [4.78, 5) is 0. The van der Waals surface area contributed by atoms with Gasteiger partial charge in [0.1, 0.15) is 5.75 Å². The van der Waals surface area contributed by atoms with E-state index in [1.54, 1.807) is 0 Å². The number of alkyl halides is 1. The standard InChI is InChI=1S/C17H19ClO/c18-12-14-11-16(19-15-7-2-1-3-8-15)10-13-6-4-5-9-17(13)14/h4-6,9-11,15H,1-3,7-8,12H2. The van der Waals surface area contributed by atoms with Crippen molar-refractivity contribution in [3.8, 4) is 5.75 Å². The lowest BCUT2D eigenvalue weighted by Crippen LogP contribution is -2.19. The fourth-order valence-electron chi connectivity index (χ4n) is 2.91. The first-order valence-corrected chi connectivity index (χ1v) is 7.64. The molecule has 1 saturated carbocycles. The molecule has 0 unspecified atom stereocenters. The van der Waals surface area contributed by atoms with Crippen LogP contribution < -0.4 is 4.74 Å². The van der Waals surface area contributed by atoms with Crippen LogP contribution in [0.1, 0.15) is 37.7 Å². The number of halogens is 1. The van der Waals surface area contributed by atoms with Crippen LogP contribution in [0.4, 0.5) is 0 Å². The molecule has 0 saturated heterocycles. The first-order chi connectivity index (χ1) is 9.36. The molecular weight excluding hydrogens is 256 g/mol. The van der Waals surface area contributed by atoms with Gasteiger partial charge in [0.15, 0.2) is 0 Å². The number of hydrogen-bond donors (Lipinski definition) is 0. The van der Waals surface area contributed by atoms with Gasteiger partial charge in [-0.25, -0.2) is 0 Å². The average Bonchev–Trinajstić information content (AvgIpc) is 2.47. The third kappa shape index (κ3) is 2.87. The van der Waals surface area contributed by atoms with Gasteiger partial charge < -0.3 is 4.74 Å². The highest BCUT2D eigenvalue weighted by Gasteiger charge is 2.15. The maximum absolute atomic E-state index is 6.15. The number of fused-ring (bicyclic) bond motifs is 1. The lowest BCUT2D eigenvalue weighted by Gasteiger charge is -2.23. The summed E-state index contributed by atoms with van der Waals surface area (Å²) in [6.45, 7) is 0. The van der Waals surface area contributed by atoms with Gasteiger partial charge in [-0.3, -0.25) is 0 Å². The molecule has 19 heavy (non-hydrogen) atoms. The van der Waals surface area contributed by atoms with Gasteiger partial charge in [0.2, 0.25) is 0 Å². The van der Waals surface area contributed by atoms with E-state index in [-0.39, 0.29) is 0 Å². The molecule has 2 aromatic rings. The molecule has 1 nitrogen and oxygen atoms in total. The van der Waals surface area contributed by atoms with Crippen molar-refractivity contribution in [1.82, 2.24) is 0 Å². The lowest BCUT2D eigenvalue weighted by molar-refractivity contribution is 0.155. The summed E-state index contributed by atoms with van der Waals surface area (Å²) < 4.78 is 6.15. The van der Waals surface area contributed by atoms with Crippen LogP contribution in [0.25, 0.3) is 10.8 Å². The van der Waals surface area contributed by atoms with E-state index in [4.69, 9.17) is 16.3 Å². The molecule has 0 radical (unpaired) electrons. The van der Waals surface area contributed by atoms with Crippen molar-refractivity contribution in [2.24, 2.45) is 0 Å². The molecule has 3 rings (SSSR count). The molecule has 0 N–H and O–H groups in total. The smallest absolute Gasteiger partial charge is 0.120 e. The summed E-state index contributed by atoms with van der Waals surface area (Å²) in [6, 6.07) is 12.6. The number of rotatable bonds is 3. The second-order valence-electron chi connectivity index (χ2n) is 5.32. The highest BCUT2D eigenvalue weighted by atomic mass is 35.5. The van der Waals surface area contributed by atoms with Gasteiger partial charge in [-0.05, 0) is 54.2 Å². The Balaban J connectivity index is 1.90. The van der Waals surface area contributed by atoms with Crippen molar-refractivity contribution in [3.05, 3.63) is 42.0 Å². The van der Waals surface area contributed by atoms with Gasteiger partial charge in [-0.2, -0.15) is 0 Å². The minimum atomic E-state index is 0.387. The molecule has 0 amide bonds. The molecule has 1 fully saturated rings. The van der Waals surface area contributed by atoms with Gasteiger partial charge in [0.25, 0.3) is 0 Å². The predicted octanol–water partition coefficient (Wildman–Crippen LogP) is 5.29. The van der Waals surface area contributed by atoms with Gasteiger partial charge in [0, 0.05) is 5.88 Å². The van der Waals surface area contributed by atoms with Crippen molar-refractivity contribution in [2.45, 2.75) is 44.1 Å². The first-order valence-electron chi connectivity index (χ1n) is 7.11. The van der Waals surface area contributed by atoms with E-state index in [1.165, 1.54) is 42.9 Å². The van der Waals surface area contributed by atoms with Crippen LogP contribution in [-0.4, -0.2) is 6.10 Å². The van der Waals surface area contributed by atoms with Crippen molar-refractivity contribution < 1.29 is 4.74 Å². The Morgan fingerprint density at radius 3 is 2.63 bits per heavy atom. The highest BCUT2D eigenvalue weighted by molar-refractivity contribution is 6.18. The van der Waals surface area contributed by atoms with Gasteiger partial charge in [-0.15, -0.1) is 11.6 Å². The molecule has 1 aliphatic rings. The van der Waals surface area contributed by atoms with Crippen molar-refractivity contribution >= 4 is 22.4 Å². The third-order valence-corrected chi connectivity index (χ3v) is 4.21. The summed E-state index contributed by atoms with van der Waals surface area (Å²) in [7, 11) is 0. The topological polar surface area (TPSA) is 9.23 Å². The molecule has 0 aromatic heterocycles. The minimum Gasteiger partial charge on any atom is -0.490 e. The third-order valence-electron chi connectivity index (χ3n) is 3.92. The van der Waals surface area contributed by atoms with Gasteiger partial charge >= 0.3 is 0 Å². The van der Waals surface area contributed by atoms with E-state index in [1.807, 2.05) is 0 Å².